The number of piperidine rings is 1. The molecule has 1 amide bonds. The Bertz CT molecular complexity index is 1780. The highest BCUT2D eigenvalue weighted by Crippen LogP contribution is 2.41. The number of halogens is 3. The Kier molecular flexibility index (Phi) is 6.81. The number of carbonyl (C=O) groups is 1. The van der Waals surface area contributed by atoms with Crippen molar-refractivity contribution in [3.05, 3.63) is 35.0 Å². The molecule has 1 aliphatic carbocycles. The van der Waals surface area contributed by atoms with Crippen LogP contribution < -0.4 is 4.72 Å². The van der Waals surface area contributed by atoms with Crippen molar-refractivity contribution in [2.24, 2.45) is 5.92 Å². The number of alkyl halides is 2. The first-order valence-corrected chi connectivity index (χ1v) is 15.6. The lowest BCUT2D eigenvalue weighted by Crippen LogP contribution is -2.40. The lowest BCUT2D eigenvalue weighted by atomic mass is 9.90. The first-order chi connectivity index (χ1) is 19.4. The number of rotatable bonds is 7. The van der Waals surface area contributed by atoms with Crippen LogP contribution in [-0.2, 0) is 14.8 Å². The molecular formula is C26H28F3N7O3S2. The average molecular weight is 608 g/mol. The van der Waals surface area contributed by atoms with Crippen LogP contribution >= 0.6 is 11.3 Å². The molecule has 1 aromatic carbocycles. The summed E-state index contributed by atoms with van der Waals surface area (Å²) in [6, 6.07) is 2.33. The van der Waals surface area contributed by atoms with Crippen LogP contribution in [0.5, 0.6) is 0 Å². The van der Waals surface area contributed by atoms with Gasteiger partial charge in [0, 0.05) is 41.2 Å². The van der Waals surface area contributed by atoms with E-state index in [4.69, 9.17) is 0 Å². The van der Waals surface area contributed by atoms with E-state index in [0.29, 0.717) is 66.6 Å². The van der Waals surface area contributed by atoms with Crippen molar-refractivity contribution in [1.82, 2.24) is 34.4 Å². The van der Waals surface area contributed by atoms with E-state index in [1.807, 2.05) is 18.7 Å². The highest BCUT2D eigenvalue weighted by atomic mass is 32.2. The number of hydrogen-bond acceptors (Lipinski definition) is 8. The van der Waals surface area contributed by atoms with Crippen LogP contribution in [0.3, 0.4) is 0 Å². The first kappa shape index (κ1) is 28.0. The van der Waals surface area contributed by atoms with E-state index in [9.17, 15) is 22.0 Å². The fraction of sp³-hybridized carbons (Fsp3) is 0.500. The van der Waals surface area contributed by atoms with E-state index in [2.05, 4.69) is 24.9 Å². The zero-order valence-corrected chi connectivity index (χ0v) is 24.2. The number of aromatic nitrogens is 5. The van der Waals surface area contributed by atoms with Crippen molar-refractivity contribution in [3.63, 3.8) is 0 Å². The summed E-state index contributed by atoms with van der Waals surface area (Å²) in [6.45, 7) is 6.51. The minimum absolute atomic E-state index is 0.0411. The Morgan fingerprint density at radius 1 is 1.15 bits per heavy atom. The highest BCUT2D eigenvalue weighted by Gasteiger charge is 2.42. The number of hydrogen-bond donors (Lipinski definition) is 1. The van der Waals surface area contributed by atoms with E-state index in [0.717, 1.165) is 6.07 Å². The molecule has 0 atom stereocenters. The molecule has 10 nitrogen and oxygen atoms in total. The lowest BCUT2D eigenvalue weighted by molar-refractivity contribution is -0.135. The van der Waals surface area contributed by atoms with Gasteiger partial charge < -0.3 is 4.90 Å². The summed E-state index contributed by atoms with van der Waals surface area (Å²) >= 11 is 0.641. The molecule has 0 spiro atoms. The second kappa shape index (κ2) is 9.98. The maximum absolute atomic E-state index is 15.6. The number of amides is 1. The Morgan fingerprint density at radius 2 is 1.85 bits per heavy atom. The van der Waals surface area contributed by atoms with E-state index in [1.54, 1.807) is 6.92 Å². The summed E-state index contributed by atoms with van der Waals surface area (Å²) < 4.78 is 72.9. The molecule has 0 radical (unpaired) electrons. The van der Waals surface area contributed by atoms with Gasteiger partial charge in [-0.05, 0) is 44.7 Å². The van der Waals surface area contributed by atoms with Gasteiger partial charge in [-0.1, -0.05) is 25.2 Å². The second-order valence-electron chi connectivity index (χ2n) is 11.2. The van der Waals surface area contributed by atoms with Gasteiger partial charge in [-0.3, -0.25) is 9.36 Å². The second-order valence-corrected chi connectivity index (χ2v) is 13.9. The Morgan fingerprint density at radius 3 is 2.46 bits per heavy atom. The normalized spacial score (nSPS) is 17.8. The maximum atomic E-state index is 15.6. The summed E-state index contributed by atoms with van der Waals surface area (Å²) in [6.07, 6.45) is 0.995. The van der Waals surface area contributed by atoms with E-state index in [1.165, 1.54) is 17.0 Å². The zero-order chi connectivity index (χ0) is 29.3. The number of nitrogens with zero attached hydrogens (tertiary/aromatic N) is 6. The van der Waals surface area contributed by atoms with Crippen molar-refractivity contribution in [2.45, 2.75) is 69.2 Å². The molecule has 4 heterocycles. The molecule has 218 valence electrons. The topological polar surface area (TPSA) is 123 Å². The number of likely N-dealkylation sites (tertiary alicyclic amines) is 1. The third-order valence-corrected chi connectivity index (χ3v) is 10.4. The van der Waals surface area contributed by atoms with Gasteiger partial charge in [0.2, 0.25) is 21.1 Å². The summed E-state index contributed by atoms with van der Waals surface area (Å²) in [5.41, 5.74) is 0.489. The number of fused-ring (bicyclic) bond motifs is 3. The third-order valence-electron chi connectivity index (χ3n) is 7.79. The summed E-state index contributed by atoms with van der Waals surface area (Å²) in [5.74, 6) is -1.09. The lowest BCUT2D eigenvalue weighted by Gasteiger charge is -2.33. The molecule has 1 saturated carbocycles. The SMILES string of the molecule is CC(C)C(=O)N1CCC(c2ncnc3c2c2cc(F)c(S(=O)(=O)NC4(C)CC4)cc2n3-c2nnc(C(F)F)s2)CC1. The number of sulfonamides is 1. The molecule has 6 rings (SSSR count). The molecule has 4 aromatic rings. The monoisotopic (exact) mass is 607 g/mol. The molecule has 3 aromatic heterocycles. The van der Waals surface area contributed by atoms with Gasteiger partial charge in [0.05, 0.1) is 11.2 Å². The number of carbonyl (C=O) groups excluding carboxylic acids is 1. The van der Waals surface area contributed by atoms with Gasteiger partial charge in [-0.15, -0.1) is 10.2 Å². The van der Waals surface area contributed by atoms with Crippen molar-refractivity contribution < 1.29 is 26.4 Å². The van der Waals surface area contributed by atoms with Gasteiger partial charge in [-0.2, -0.15) is 0 Å². The van der Waals surface area contributed by atoms with Gasteiger partial charge in [-0.25, -0.2) is 36.3 Å². The molecule has 41 heavy (non-hydrogen) atoms. The molecule has 0 bridgehead atoms. The van der Waals surface area contributed by atoms with Crippen molar-refractivity contribution in [1.29, 1.82) is 0 Å². The summed E-state index contributed by atoms with van der Waals surface area (Å²) in [5, 5.41) is 7.88. The molecule has 0 unspecified atom stereocenters. The van der Waals surface area contributed by atoms with Crippen LogP contribution in [0.4, 0.5) is 13.2 Å². The summed E-state index contributed by atoms with van der Waals surface area (Å²) in [7, 11) is -4.24. The van der Waals surface area contributed by atoms with Crippen molar-refractivity contribution in [2.75, 3.05) is 13.1 Å². The van der Waals surface area contributed by atoms with E-state index in [-0.39, 0.29) is 34.0 Å². The van der Waals surface area contributed by atoms with Crippen molar-refractivity contribution in [3.8, 4) is 5.13 Å². The van der Waals surface area contributed by atoms with Gasteiger partial charge in [0.15, 0.2) is 10.7 Å². The fourth-order valence-electron chi connectivity index (χ4n) is 5.38. The standard InChI is InChI=1S/C26H28F3N7O3S2/c1-13(2)24(37)35-8-4-14(5-9-35)20-19-15-10-16(27)18(41(38,39)34-26(3)6-7-26)11-17(15)36(22(19)31-12-30-20)25-33-32-23(40-25)21(28)29/h10-14,21,34H,4-9H2,1-3H3. The van der Waals surface area contributed by atoms with Crippen LogP contribution in [0, 0.1) is 11.7 Å². The van der Waals surface area contributed by atoms with Gasteiger partial charge in [0.1, 0.15) is 17.0 Å². The van der Waals surface area contributed by atoms with Gasteiger partial charge >= 0.3 is 0 Å². The molecule has 15 heteroatoms. The van der Waals surface area contributed by atoms with Crippen LogP contribution in [0.25, 0.3) is 27.1 Å². The summed E-state index contributed by atoms with van der Waals surface area (Å²) in [4.78, 5) is 22.7. The zero-order valence-electron chi connectivity index (χ0n) is 22.6. The fourth-order valence-corrected chi connectivity index (χ4v) is 7.64. The largest absolute Gasteiger partial charge is 0.342 e. The minimum atomic E-state index is -4.24. The molecule has 1 aliphatic heterocycles. The smallest absolute Gasteiger partial charge is 0.291 e. The maximum Gasteiger partial charge on any atom is 0.291 e. The average Bonchev–Trinajstić information content (AvgIpc) is 3.32. The van der Waals surface area contributed by atoms with Crippen LogP contribution in [0.2, 0.25) is 0 Å². The quantitative estimate of drug-likeness (QED) is 0.323. The molecular weight excluding hydrogens is 579 g/mol. The van der Waals surface area contributed by atoms with Crippen LogP contribution in [0.15, 0.2) is 23.4 Å². The Hall–Kier alpha value is -3.17. The number of benzene rings is 1. The predicted octanol–water partition coefficient (Wildman–Crippen LogP) is 4.69. The first-order valence-electron chi connectivity index (χ1n) is 13.3. The van der Waals surface area contributed by atoms with Gasteiger partial charge in [0.25, 0.3) is 6.43 Å². The van der Waals surface area contributed by atoms with Crippen LogP contribution in [0.1, 0.15) is 69.5 Å². The third kappa shape index (κ3) is 4.97. The van der Waals surface area contributed by atoms with E-state index < -0.39 is 37.7 Å². The minimum Gasteiger partial charge on any atom is -0.342 e. The Labute approximate surface area is 238 Å². The molecule has 1 saturated heterocycles. The number of nitrogens with one attached hydrogen (secondary N) is 1. The molecule has 2 fully saturated rings. The predicted molar refractivity (Wildman–Crippen MR) is 146 cm³/mol. The Balaban J connectivity index is 1.53. The highest BCUT2D eigenvalue weighted by molar-refractivity contribution is 7.89. The van der Waals surface area contributed by atoms with Crippen molar-refractivity contribution >= 4 is 49.2 Å². The molecule has 2 aliphatic rings. The molecule has 1 N–H and O–H groups in total. The van der Waals surface area contributed by atoms with E-state index >= 15 is 4.39 Å². The van der Waals surface area contributed by atoms with Crippen LogP contribution in [-0.4, -0.2) is 62.6 Å².